The number of nitrogens with one attached hydrogen (secondary N) is 1. The highest BCUT2D eigenvalue weighted by molar-refractivity contribution is 5.85. The molecule has 2 aliphatic heterocycles. The van der Waals surface area contributed by atoms with Gasteiger partial charge in [-0.05, 0) is 45.8 Å². The maximum atomic E-state index is 11.8. The number of likely N-dealkylation sites (tertiary alicyclic amines) is 2. The summed E-state index contributed by atoms with van der Waals surface area (Å²) in [5, 5.41) is 2.94. The third-order valence-electron chi connectivity index (χ3n) is 3.73. The molecule has 6 heteroatoms. The maximum Gasteiger partial charge on any atom is 0.236 e. The molecule has 0 bridgehead atoms. The SMILES string of the molecule is CNCC(=O)N1CCCC(N2CCCC2)C1.Cl.Cl. The van der Waals surface area contributed by atoms with Gasteiger partial charge in [-0.1, -0.05) is 0 Å². The summed E-state index contributed by atoms with van der Waals surface area (Å²) in [5.41, 5.74) is 0. The molecule has 0 aromatic rings. The second-order valence-electron chi connectivity index (χ2n) is 4.91. The monoisotopic (exact) mass is 297 g/mol. The van der Waals surface area contributed by atoms with E-state index in [0.717, 1.165) is 19.5 Å². The van der Waals surface area contributed by atoms with Crippen molar-refractivity contribution in [1.82, 2.24) is 15.1 Å². The molecule has 1 amide bonds. The van der Waals surface area contributed by atoms with Gasteiger partial charge in [0.25, 0.3) is 0 Å². The van der Waals surface area contributed by atoms with Crippen LogP contribution in [0.1, 0.15) is 25.7 Å². The predicted molar refractivity (Wildman–Crippen MR) is 78.8 cm³/mol. The molecule has 0 aliphatic carbocycles. The largest absolute Gasteiger partial charge is 0.340 e. The van der Waals surface area contributed by atoms with Crippen LogP contribution < -0.4 is 5.32 Å². The summed E-state index contributed by atoms with van der Waals surface area (Å²) >= 11 is 0. The number of nitrogens with zero attached hydrogens (tertiary/aromatic N) is 2. The minimum absolute atomic E-state index is 0. The fourth-order valence-electron chi connectivity index (χ4n) is 2.85. The van der Waals surface area contributed by atoms with Crippen LogP contribution in [-0.2, 0) is 4.79 Å². The lowest BCUT2D eigenvalue weighted by atomic mass is 10.0. The Bertz CT molecular complexity index is 247. The minimum atomic E-state index is 0. The smallest absolute Gasteiger partial charge is 0.236 e. The molecule has 4 nitrogen and oxygen atoms in total. The average molecular weight is 298 g/mol. The zero-order valence-electron chi connectivity index (χ0n) is 11.1. The second kappa shape index (κ2) is 8.97. The van der Waals surface area contributed by atoms with Gasteiger partial charge in [-0.2, -0.15) is 0 Å². The van der Waals surface area contributed by atoms with E-state index in [-0.39, 0.29) is 30.7 Å². The van der Waals surface area contributed by atoms with Crippen LogP contribution in [0.4, 0.5) is 0 Å². The lowest BCUT2D eigenvalue weighted by Crippen LogP contribution is -2.50. The average Bonchev–Trinajstić information content (AvgIpc) is 2.83. The number of carbonyl (C=O) groups is 1. The Morgan fingerprint density at radius 3 is 2.44 bits per heavy atom. The van der Waals surface area contributed by atoms with Crippen LogP contribution in [0.25, 0.3) is 0 Å². The molecule has 1 unspecified atom stereocenters. The van der Waals surface area contributed by atoms with Gasteiger partial charge in [-0.25, -0.2) is 0 Å². The highest BCUT2D eigenvalue weighted by Crippen LogP contribution is 2.20. The van der Waals surface area contributed by atoms with Gasteiger partial charge in [0.2, 0.25) is 5.91 Å². The van der Waals surface area contributed by atoms with E-state index in [1.165, 1.54) is 32.4 Å². The molecular weight excluding hydrogens is 273 g/mol. The normalized spacial score (nSPS) is 24.3. The van der Waals surface area contributed by atoms with Gasteiger partial charge in [0.1, 0.15) is 0 Å². The van der Waals surface area contributed by atoms with Gasteiger partial charge in [0, 0.05) is 19.1 Å². The Morgan fingerprint density at radius 2 is 1.83 bits per heavy atom. The molecule has 0 radical (unpaired) electrons. The molecule has 2 heterocycles. The Balaban J connectivity index is 0.00000144. The highest BCUT2D eigenvalue weighted by atomic mass is 35.5. The Labute approximate surface area is 122 Å². The van der Waals surface area contributed by atoms with E-state index in [4.69, 9.17) is 0 Å². The first-order valence-corrected chi connectivity index (χ1v) is 6.47. The van der Waals surface area contributed by atoms with E-state index < -0.39 is 0 Å². The fourth-order valence-corrected chi connectivity index (χ4v) is 2.85. The number of hydrogen-bond donors (Lipinski definition) is 1. The third kappa shape index (κ3) is 4.57. The second-order valence-corrected chi connectivity index (χ2v) is 4.91. The number of amides is 1. The fraction of sp³-hybridized carbons (Fsp3) is 0.917. The van der Waals surface area contributed by atoms with Gasteiger partial charge >= 0.3 is 0 Å². The molecule has 1 atom stereocenters. The number of hydrogen-bond acceptors (Lipinski definition) is 3. The van der Waals surface area contributed by atoms with Crippen LogP contribution in [-0.4, -0.2) is 61.5 Å². The lowest BCUT2D eigenvalue weighted by Gasteiger charge is -2.37. The van der Waals surface area contributed by atoms with Crippen molar-refractivity contribution >= 4 is 30.7 Å². The third-order valence-corrected chi connectivity index (χ3v) is 3.73. The Hall–Kier alpha value is -0.0300. The summed E-state index contributed by atoms with van der Waals surface area (Å²) in [4.78, 5) is 16.4. The Kier molecular flexibility index (Phi) is 8.95. The quantitative estimate of drug-likeness (QED) is 0.848. The number of likely N-dealkylation sites (N-methyl/N-ethyl adjacent to an activating group) is 1. The number of halogens is 2. The molecule has 2 aliphatic rings. The predicted octanol–water partition coefficient (Wildman–Crippen LogP) is 1.14. The van der Waals surface area contributed by atoms with Gasteiger partial charge in [0.15, 0.2) is 0 Å². The summed E-state index contributed by atoms with van der Waals surface area (Å²) in [6, 6.07) is 0.622. The van der Waals surface area contributed by atoms with Crippen molar-refractivity contribution in [3.8, 4) is 0 Å². The molecule has 18 heavy (non-hydrogen) atoms. The van der Waals surface area contributed by atoms with Gasteiger partial charge in [-0.3, -0.25) is 9.69 Å². The van der Waals surface area contributed by atoms with Crippen molar-refractivity contribution in [2.24, 2.45) is 0 Å². The molecule has 108 valence electrons. The van der Waals surface area contributed by atoms with Crippen molar-refractivity contribution in [3.05, 3.63) is 0 Å². The van der Waals surface area contributed by atoms with Crippen LogP contribution in [0.3, 0.4) is 0 Å². The molecule has 0 spiro atoms. The van der Waals surface area contributed by atoms with Gasteiger partial charge in [0.05, 0.1) is 6.54 Å². The first-order valence-electron chi connectivity index (χ1n) is 6.47. The standard InChI is InChI=1S/C12H23N3O.2ClH/c1-13-9-12(16)15-8-4-5-11(10-15)14-6-2-3-7-14;;/h11,13H,2-10H2,1H3;2*1H. The van der Waals surface area contributed by atoms with Crippen LogP contribution in [0.15, 0.2) is 0 Å². The van der Waals surface area contributed by atoms with Gasteiger partial charge in [-0.15, -0.1) is 24.8 Å². The first kappa shape index (κ1) is 18.0. The number of rotatable bonds is 3. The van der Waals surface area contributed by atoms with Crippen molar-refractivity contribution in [2.75, 3.05) is 39.8 Å². The van der Waals surface area contributed by atoms with Crippen LogP contribution in [0.5, 0.6) is 0 Å². The van der Waals surface area contributed by atoms with E-state index in [1.807, 2.05) is 11.9 Å². The van der Waals surface area contributed by atoms with Crippen molar-refractivity contribution in [2.45, 2.75) is 31.7 Å². The number of piperidine rings is 1. The molecule has 0 saturated carbocycles. The zero-order valence-corrected chi connectivity index (χ0v) is 12.7. The molecule has 2 saturated heterocycles. The van der Waals surface area contributed by atoms with E-state index in [9.17, 15) is 4.79 Å². The highest BCUT2D eigenvalue weighted by Gasteiger charge is 2.28. The molecule has 1 N–H and O–H groups in total. The lowest BCUT2D eigenvalue weighted by molar-refractivity contribution is -0.132. The van der Waals surface area contributed by atoms with Crippen LogP contribution in [0, 0.1) is 0 Å². The van der Waals surface area contributed by atoms with E-state index >= 15 is 0 Å². The molecule has 0 aromatic heterocycles. The van der Waals surface area contributed by atoms with Crippen LogP contribution >= 0.6 is 24.8 Å². The maximum absolute atomic E-state index is 11.8. The van der Waals surface area contributed by atoms with E-state index in [0.29, 0.717) is 12.6 Å². The summed E-state index contributed by atoms with van der Waals surface area (Å²) in [7, 11) is 1.83. The van der Waals surface area contributed by atoms with E-state index in [1.54, 1.807) is 0 Å². The number of carbonyl (C=O) groups excluding carboxylic acids is 1. The van der Waals surface area contributed by atoms with Crippen molar-refractivity contribution in [1.29, 1.82) is 0 Å². The summed E-state index contributed by atoms with van der Waals surface area (Å²) in [6.45, 7) is 4.84. The molecule has 2 fully saturated rings. The first-order chi connectivity index (χ1) is 7.81. The molecule has 2 rings (SSSR count). The Morgan fingerprint density at radius 1 is 1.17 bits per heavy atom. The molecular formula is C12H25Cl2N3O. The van der Waals surface area contributed by atoms with Crippen molar-refractivity contribution in [3.63, 3.8) is 0 Å². The molecule has 0 aromatic carbocycles. The van der Waals surface area contributed by atoms with Crippen molar-refractivity contribution < 1.29 is 4.79 Å². The summed E-state index contributed by atoms with van der Waals surface area (Å²) in [6.07, 6.45) is 5.10. The zero-order chi connectivity index (χ0) is 11.4. The topological polar surface area (TPSA) is 35.6 Å². The van der Waals surface area contributed by atoms with Gasteiger partial charge < -0.3 is 10.2 Å². The minimum Gasteiger partial charge on any atom is -0.340 e. The van der Waals surface area contributed by atoms with E-state index in [2.05, 4.69) is 10.2 Å². The summed E-state index contributed by atoms with van der Waals surface area (Å²) in [5.74, 6) is 0.256. The summed E-state index contributed by atoms with van der Waals surface area (Å²) < 4.78 is 0. The van der Waals surface area contributed by atoms with Crippen LogP contribution in [0.2, 0.25) is 0 Å².